The number of epoxide rings is 1. The van der Waals surface area contributed by atoms with Crippen LogP contribution in [0.4, 0.5) is 5.95 Å². The monoisotopic (exact) mass is 451 g/mol. The largest absolute Gasteiger partial charge is 0.501 e. The molecule has 2 saturated heterocycles. The molecule has 4 unspecified atom stereocenters. The zero-order valence-corrected chi connectivity index (χ0v) is 19.2. The minimum absolute atomic E-state index is 0.00165. The first-order valence-corrected chi connectivity index (χ1v) is 11.8. The lowest BCUT2D eigenvalue weighted by molar-refractivity contribution is 0.0217. The molecule has 1 aromatic rings. The molecule has 5 rings (SSSR count). The molecule has 2 bridgehead atoms. The van der Waals surface area contributed by atoms with Crippen LogP contribution in [0.5, 0.6) is 0 Å². The molecule has 4 aliphatic rings. The molecule has 0 spiro atoms. The van der Waals surface area contributed by atoms with Crippen LogP contribution < -0.4 is 5.73 Å². The van der Waals surface area contributed by atoms with Crippen LogP contribution in [0.3, 0.4) is 0 Å². The average Bonchev–Trinajstić information content (AvgIpc) is 3.60. The topological polar surface area (TPSA) is 91.0 Å². The van der Waals surface area contributed by atoms with Crippen molar-refractivity contribution in [2.24, 2.45) is 0 Å². The normalized spacial score (nSPS) is 28.8. The summed E-state index contributed by atoms with van der Waals surface area (Å²) in [6.07, 6.45) is 17.2. The minimum atomic E-state index is -0.00165. The molecule has 1 aromatic heterocycles. The van der Waals surface area contributed by atoms with Crippen molar-refractivity contribution in [3.63, 3.8) is 0 Å². The van der Waals surface area contributed by atoms with E-state index in [4.69, 9.17) is 19.9 Å². The zero-order chi connectivity index (χ0) is 22.8. The summed E-state index contributed by atoms with van der Waals surface area (Å²) in [4.78, 5) is 6.50. The quantitative estimate of drug-likeness (QED) is 0.502. The Morgan fingerprint density at radius 2 is 2.21 bits per heavy atom. The SMILES string of the molecule is C=CCC(C1CCN(C2OC2C2=CC3=CCC(OC)=CC(=C3)CC2)CCO1)n1ncnc1N. The molecule has 0 amide bonds. The lowest BCUT2D eigenvalue weighted by Gasteiger charge is -2.25. The van der Waals surface area contributed by atoms with Crippen LogP contribution in [0, 0.1) is 0 Å². The number of nitrogens with zero attached hydrogens (tertiary/aromatic N) is 4. The highest BCUT2D eigenvalue weighted by atomic mass is 16.6. The Labute approximate surface area is 195 Å². The van der Waals surface area contributed by atoms with Crippen molar-refractivity contribution >= 4 is 5.95 Å². The lowest BCUT2D eigenvalue weighted by atomic mass is 10.0. The third-order valence-corrected chi connectivity index (χ3v) is 6.91. The molecule has 8 heteroatoms. The maximum absolute atomic E-state index is 6.26. The minimum Gasteiger partial charge on any atom is -0.501 e. The maximum atomic E-state index is 6.26. The zero-order valence-electron chi connectivity index (χ0n) is 19.2. The van der Waals surface area contributed by atoms with Gasteiger partial charge in [0.05, 0.1) is 31.6 Å². The van der Waals surface area contributed by atoms with Gasteiger partial charge >= 0.3 is 0 Å². The van der Waals surface area contributed by atoms with E-state index in [-0.39, 0.29) is 24.5 Å². The maximum Gasteiger partial charge on any atom is 0.218 e. The standard InChI is InChI=1S/C25H33N5O3/c1-3-4-21(30-25(26)27-16-28-30)22-9-10-29(11-12-32-22)24-23(33-24)19-7-5-18-13-17(14-19)6-8-20(15-18)31-2/h3,6,13-16,21-24H,1,4-5,7-12H2,2H3,(H2,26,27,28). The number of ether oxygens (including phenoxy) is 3. The summed E-state index contributed by atoms with van der Waals surface area (Å²) in [5.74, 6) is 1.44. The highest BCUT2D eigenvalue weighted by Crippen LogP contribution is 2.39. The summed E-state index contributed by atoms with van der Waals surface area (Å²) in [6.45, 7) is 6.32. The van der Waals surface area contributed by atoms with E-state index >= 15 is 0 Å². The van der Waals surface area contributed by atoms with E-state index in [9.17, 15) is 0 Å². The van der Waals surface area contributed by atoms with Crippen molar-refractivity contribution in [1.29, 1.82) is 0 Å². The summed E-state index contributed by atoms with van der Waals surface area (Å²) in [5, 5.41) is 4.32. The van der Waals surface area contributed by atoms with Gasteiger partial charge < -0.3 is 19.9 Å². The Hall–Kier alpha value is -2.68. The number of anilines is 1. The van der Waals surface area contributed by atoms with E-state index < -0.39 is 0 Å². The molecule has 0 radical (unpaired) electrons. The van der Waals surface area contributed by atoms with Gasteiger partial charge in [0.15, 0.2) is 0 Å². The molecular weight excluding hydrogens is 418 g/mol. The van der Waals surface area contributed by atoms with Gasteiger partial charge in [0.1, 0.15) is 18.7 Å². The highest BCUT2D eigenvalue weighted by molar-refractivity contribution is 5.46. The molecule has 8 nitrogen and oxygen atoms in total. The van der Waals surface area contributed by atoms with Gasteiger partial charge in [-0.05, 0) is 48.5 Å². The van der Waals surface area contributed by atoms with Gasteiger partial charge in [0.2, 0.25) is 5.95 Å². The molecule has 2 N–H and O–H groups in total. The molecule has 4 atom stereocenters. The van der Waals surface area contributed by atoms with Crippen LogP contribution >= 0.6 is 0 Å². The summed E-state index contributed by atoms with van der Waals surface area (Å²) in [7, 11) is 1.74. The van der Waals surface area contributed by atoms with Crippen molar-refractivity contribution in [2.45, 2.75) is 56.6 Å². The number of fused-ring (bicyclic) bond motifs is 1. The summed E-state index contributed by atoms with van der Waals surface area (Å²) < 4.78 is 19.7. The van der Waals surface area contributed by atoms with Gasteiger partial charge in [0, 0.05) is 19.5 Å². The highest BCUT2D eigenvalue weighted by Gasteiger charge is 2.46. The third kappa shape index (κ3) is 4.83. The number of nitrogen functional groups attached to an aromatic ring is 1. The number of hydrogen-bond acceptors (Lipinski definition) is 7. The van der Waals surface area contributed by atoms with Crippen molar-refractivity contribution < 1.29 is 14.2 Å². The van der Waals surface area contributed by atoms with Crippen molar-refractivity contribution in [2.75, 3.05) is 32.5 Å². The van der Waals surface area contributed by atoms with E-state index in [2.05, 4.69) is 45.9 Å². The summed E-state index contributed by atoms with van der Waals surface area (Å²) >= 11 is 0. The summed E-state index contributed by atoms with van der Waals surface area (Å²) in [6, 6.07) is -0.00165. The van der Waals surface area contributed by atoms with Gasteiger partial charge in [-0.3, -0.25) is 4.90 Å². The molecular formula is C25H33N5O3. The van der Waals surface area contributed by atoms with Crippen LogP contribution in [0.15, 0.2) is 65.8 Å². The van der Waals surface area contributed by atoms with Crippen molar-refractivity contribution in [3.8, 4) is 0 Å². The van der Waals surface area contributed by atoms with E-state index in [1.807, 2.05) is 6.08 Å². The number of allylic oxidation sites excluding steroid dienone is 7. The fourth-order valence-electron chi connectivity index (χ4n) is 5.10. The van der Waals surface area contributed by atoms with E-state index in [0.29, 0.717) is 12.6 Å². The first-order chi connectivity index (χ1) is 16.2. The van der Waals surface area contributed by atoms with Gasteiger partial charge in [-0.1, -0.05) is 24.3 Å². The first-order valence-electron chi connectivity index (χ1n) is 11.8. The second-order valence-corrected chi connectivity index (χ2v) is 9.00. The molecule has 176 valence electrons. The van der Waals surface area contributed by atoms with E-state index in [0.717, 1.165) is 51.0 Å². The van der Waals surface area contributed by atoms with Gasteiger partial charge in [-0.2, -0.15) is 5.10 Å². The Bertz CT molecular complexity index is 1010. The Morgan fingerprint density at radius 1 is 1.30 bits per heavy atom. The van der Waals surface area contributed by atoms with Gasteiger partial charge in [-0.15, -0.1) is 6.58 Å². The Kier molecular flexibility index (Phi) is 6.48. The number of rotatable bonds is 7. The van der Waals surface area contributed by atoms with Crippen LogP contribution in [0.1, 0.15) is 38.1 Å². The van der Waals surface area contributed by atoms with E-state index in [1.54, 1.807) is 11.8 Å². The van der Waals surface area contributed by atoms with Crippen LogP contribution in [0.25, 0.3) is 0 Å². The molecule has 2 fully saturated rings. The fourth-order valence-corrected chi connectivity index (χ4v) is 5.10. The number of aromatic nitrogens is 3. The van der Waals surface area contributed by atoms with Crippen LogP contribution in [-0.4, -0.2) is 64.9 Å². The van der Waals surface area contributed by atoms with Crippen molar-refractivity contribution in [3.05, 3.63) is 65.8 Å². The first kappa shape index (κ1) is 22.1. The third-order valence-electron chi connectivity index (χ3n) is 6.91. The summed E-state index contributed by atoms with van der Waals surface area (Å²) in [5.41, 5.74) is 9.99. The Balaban J connectivity index is 1.22. The molecule has 2 aliphatic carbocycles. The lowest BCUT2D eigenvalue weighted by Crippen LogP contribution is -2.32. The number of hydrogen-bond donors (Lipinski definition) is 1. The predicted octanol–water partition coefficient (Wildman–Crippen LogP) is 3.30. The van der Waals surface area contributed by atoms with Crippen LogP contribution in [-0.2, 0) is 14.2 Å². The molecule has 33 heavy (non-hydrogen) atoms. The molecule has 0 aromatic carbocycles. The van der Waals surface area contributed by atoms with Gasteiger partial charge in [0.25, 0.3) is 0 Å². The number of nitrogens with two attached hydrogens (primary N) is 1. The molecule has 3 heterocycles. The fraction of sp³-hybridized carbons (Fsp3) is 0.520. The Morgan fingerprint density at radius 3 is 3.00 bits per heavy atom. The van der Waals surface area contributed by atoms with Crippen LogP contribution in [0.2, 0.25) is 0 Å². The second kappa shape index (κ2) is 9.67. The van der Waals surface area contributed by atoms with E-state index in [1.165, 1.54) is 23.0 Å². The predicted molar refractivity (Wildman–Crippen MR) is 126 cm³/mol. The second-order valence-electron chi connectivity index (χ2n) is 9.00. The van der Waals surface area contributed by atoms with Crippen molar-refractivity contribution in [1.82, 2.24) is 19.7 Å². The average molecular weight is 452 g/mol. The van der Waals surface area contributed by atoms with Gasteiger partial charge in [-0.25, -0.2) is 9.67 Å². The smallest absolute Gasteiger partial charge is 0.218 e. The molecule has 0 saturated carbocycles. The number of methoxy groups -OCH3 is 1. The molecule has 2 aliphatic heterocycles.